The van der Waals surface area contributed by atoms with E-state index in [1.807, 2.05) is 19.1 Å². The first-order chi connectivity index (χ1) is 16.3. The number of rotatable bonds is 11. The van der Waals surface area contributed by atoms with Crippen molar-refractivity contribution < 1.29 is 23.8 Å². The standard InChI is InChI=1S/C27H29NO6/c1-4-13-33-14-12-28(5-2)22-11-10-21-16-23(27(32)34-24(21)17-22)25(29)18(3)15-19-6-8-20(9-7-19)26(30)31/h6-11,15-17H,4-5,12-14H2,1-3H3,(H,30,31)/b18-15+. The van der Waals surface area contributed by atoms with Crippen molar-refractivity contribution in [1.29, 1.82) is 0 Å². The van der Waals surface area contributed by atoms with Gasteiger partial charge in [-0.15, -0.1) is 0 Å². The topological polar surface area (TPSA) is 97.0 Å². The first-order valence-corrected chi connectivity index (χ1v) is 11.3. The molecule has 0 fully saturated rings. The highest BCUT2D eigenvalue weighted by molar-refractivity contribution is 6.11. The Labute approximate surface area is 198 Å². The lowest BCUT2D eigenvalue weighted by atomic mass is 10.0. The number of nitrogens with zero attached hydrogens (tertiary/aromatic N) is 1. The summed E-state index contributed by atoms with van der Waals surface area (Å²) in [6, 6.07) is 13.3. The van der Waals surface area contributed by atoms with Crippen LogP contribution in [0.5, 0.6) is 0 Å². The van der Waals surface area contributed by atoms with Crippen LogP contribution in [0.3, 0.4) is 0 Å². The molecule has 2 aromatic carbocycles. The number of allylic oxidation sites excluding steroid dienone is 1. The Morgan fingerprint density at radius 1 is 1.06 bits per heavy atom. The van der Waals surface area contributed by atoms with Crippen LogP contribution < -0.4 is 10.5 Å². The van der Waals surface area contributed by atoms with Gasteiger partial charge in [-0.3, -0.25) is 4.79 Å². The van der Waals surface area contributed by atoms with E-state index < -0.39 is 17.4 Å². The van der Waals surface area contributed by atoms with Gasteiger partial charge < -0.3 is 19.2 Å². The van der Waals surface area contributed by atoms with Gasteiger partial charge >= 0.3 is 11.6 Å². The number of Topliss-reactive ketones (excluding diaryl/α,β-unsaturated/α-hetero) is 1. The predicted octanol–water partition coefficient (Wildman–Crippen LogP) is 5.03. The molecule has 7 heteroatoms. The highest BCUT2D eigenvalue weighted by Crippen LogP contribution is 2.23. The molecule has 0 saturated carbocycles. The maximum atomic E-state index is 12.9. The molecule has 0 unspecified atom stereocenters. The van der Waals surface area contributed by atoms with E-state index >= 15 is 0 Å². The van der Waals surface area contributed by atoms with E-state index in [2.05, 4.69) is 11.8 Å². The van der Waals surface area contributed by atoms with Gasteiger partial charge in [-0.2, -0.15) is 0 Å². The van der Waals surface area contributed by atoms with E-state index in [0.717, 1.165) is 31.8 Å². The van der Waals surface area contributed by atoms with Crippen molar-refractivity contribution in [3.8, 4) is 0 Å². The molecular weight excluding hydrogens is 434 g/mol. The fraction of sp³-hybridized carbons (Fsp3) is 0.296. The Bertz CT molecular complexity index is 1260. The zero-order valence-electron chi connectivity index (χ0n) is 19.7. The first-order valence-electron chi connectivity index (χ1n) is 11.3. The molecule has 3 rings (SSSR count). The Balaban J connectivity index is 1.83. The molecule has 0 radical (unpaired) electrons. The zero-order chi connectivity index (χ0) is 24.7. The average Bonchev–Trinajstić information content (AvgIpc) is 2.83. The van der Waals surface area contributed by atoms with Gasteiger partial charge in [0.15, 0.2) is 5.78 Å². The Morgan fingerprint density at radius 2 is 1.79 bits per heavy atom. The number of carbonyl (C=O) groups excluding carboxylic acids is 1. The quantitative estimate of drug-likeness (QED) is 0.184. The van der Waals surface area contributed by atoms with Gasteiger partial charge in [-0.1, -0.05) is 19.1 Å². The molecular formula is C27H29NO6. The molecule has 0 bridgehead atoms. The van der Waals surface area contributed by atoms with Crippen molar-refractivity contribution in [2.24, 2.45) is 0 Å². The maximum absolute atomic E-state index is 12.9. The number of carboxylic acids is 1. The number of ketones is 1. The lowest BCUT2D eigenvalue weighted by Crippen LogP contribution is -2.27. The second-order valence-corrected chi connectivity index (χ2v) is 7.95. The molecule has 1 N–H and O–H groups in total. The van der Waals surface area contributed by atoms with Crippen LogP contribution in [0.25, 0.3) is 17.0 Å². The lowest BCUT2D eigenvalue weighted by molar-refractivity contribution is 0.0696. The van der Waals surface area contributed by atoms with Gasteiger partial charge in [0.05, 0.1) is 12.2 Å². The summed E-state index contributed by atoms with van der Waals surface area (Å²) in [6.45, 7) is 8.56. The minimum atomic E-state index is -1.02. The molecule has 0 aliphatic carbocycles. The van der Waals surface area contributed by atoms with Crippen LogP contribution in [0.2, 0.25) is 0 Å². The monoisotopic (exact) mass is 463 g/mol. The Morgan fingerprint density at radius 3 is 2.44 bits per heavy atom. The predicted molar refractivity (Wildman–Crippen MR) is 133 cm³/mol. The van der Waals surface area contributed by atoms with Crippen LogP contribution in [0, 0.1) is 0 Å². The number of fused-ring (bicyclic) bond motifs is 1. The van der Waals surface area contributed by atoms with Crippen LogP contribution >= 0.6 is 0 Å². The number of hydrogen-bond acceptors (Lipinski definition) is 6. The molecule has 1 heterocycles. The van der Waals surface area contributed by atoms with E-state index in [4.69, 9.17) is 14.3 Å². The second kappa shape index (κ2) is 11.4. The van der Waals surface area contributed by atoms with E-state index in [0.29, 0.717) is 28.7 Å². The Kier molecular flexibility index (Phi) is 8.38. The molecule has 0 aliphatic heterocycles. The lowest BCUT2D eigenvalue weighted by Gasteiger charge is -2.23. The van der Waals surface area contributed by atoms with Crippen molar-refractivity contribution in [2.75, 3.05) is 31.2 Å². The number of anilines is 1. The van der Waals surface area contributed by atoms with Crippen molar-refractivity contribution in [3.63, 3.8) is 0 Å². The summed E-state index contributed by atoms with van der Waals surface area (Å²) in [6.07, 6.45) is 2.58. The molecule has 3 aromatic rings. The van der Waals surface area contributed by atoms with Gasteiger partial charge in [0, 0.05) is 36.8 Å². The van der Waals surface area contributed by atoms with Gasteiger partial charge in [0.25, 0.3) is 0 Å². The largest absolute Gasteiger partial charge is 0.478 e. The molecule has 178 valence electrons. The number of carbonyl (C=O) groups is 2. The highest BCUT2D eigenvalue weighted by atomic mass is 16.5. The summed E-state index contributed by atoms with van der Waals surface area (Å²) in [5, 5.41) is 9.66. The second-order valence-electron chi connectivity index (χ2n) is 7.95. The third kappa shape index (κ3) is 5.99. The normalized spacial score (nSPS) is 11.6. The van der Waals surface area contributed by atoms with E-state index in [-0.39, 0.29) is 11.1 Å². The number of carboxylic acid groups (broad SMARTS) is 1. The fourth-order valence-electron chi connectivity index (χ4n) is 3.60. The van der Waals surface area contributed by atoms with Gasteiger partial charge in [-0.25, -0.2) is 9.59 Å². The third-order valence-electron chi connectivity index (χ3n) is 5.46. The number of ether oxygens (including phenoxy) is 1. The first kappa shape index (κ1) is 24.9. The number of benzene rings is 2. The van der Waals surface area contributed by atoms with Crippen molar-refractivity contribution in [3.05, 3.63) is 81.2 Å². The molecule has 0 saturated heterocycles. The van der Waals surface area contributed by atoms with E-state index in [1.54, 1.807) is 37.3 Å². The average molecular weight is 464 g/mol. The Hall–Kier alpha value is -3.71. The zero-order valence-corrected chi connectivity index (χ0v) is 19.7. The van der Waals surface area contributed by atoms with E-state index in [9.17, 15) is 14.4 Å². The van der Waals surface area contributed by atoms with Crippen LogP contribution in [0.1, 0.15) is 53.5 Å². The molecule has 0 atom stereocenters. The smallest absolute Gasteiger partial charge is 0.347 e. The summed E-state index contributed by atoms with van der Waals surface area (Å²) in [7, 11) is 0. The number of likely N-dealkylation sites (N-methyl/N-ethyl adjacent to an activating group) is 1. The molecule has 7 nitrogen and oxygen atoms in total. The van der Waals surface area contributed by atoms with Crippen LogP contribution in [0.4, 0.5) is 5.69 Å². The summed E-state index contributed by atoms with van der Waals surface area (Å²) in [5.41, 5.74) is 1.75. The van der Waals surface area contributed by atoms with Gasteiger partial charge in [0.1, 0.15) is 11.1 Å². The van der Waals surface area contributed by atoms with Gasteiger partial charge in [0.2, 0.25) is 0 Å². The van der Waals surface area contributed by atoms with Crippen molar-refractivity contribution in [1.82, 2.24) is 0 Å². The minimum Gasteiger partial charge on any atom is -0.478 e. The fourth-order valence-corrected chi connectivity index (χ4v) is 3.60. The summed E-state index contributed by atoms with van der Waals surface area (Å²) >= 11 is 0. The van der Waals surface area contributed by atoms with Crippen molar-refractivity contribution >= 4 is 34.5 Å². The molecule has 1 aromatic heterocycles. The number of aromatic carboxylic acids is 1. The third-order valence-corrected chi connectivity index (χ3v) is 5.46. The van der Waals surface area contributed by atoms with Gasteiger partial charge in [-0.05, 0) is 67.8 Å². The highest BCUT2D eigenvalue weighted by Gasteiger charge is 2.16. The summed E-state index contributed by atoms with van der Waals surface area (Å²) < 4.78 is 11.1. The van der Waals surface area contributed by atoms with E-state index in [1.165, 1.54) is 12.1 Å². The van der Waals surface area contributed by atoms with Crippen molar-refractivity contribution in [2.45, 2.75) is 27.2 Å². The molecule has 34 heavy (non-hydrogen) atoms. The maximum Gasteiger partial charge on any atom is 0.347 e. The molecule has 0 aliphatic rings. The summed E-state index contributed by atoms with van der Waals surface area (Å²) in [5.74, 6) is -1.46. The molecule has 0 amide bonds. The number of hydrogen-bond donors (Lipinski definition) is 1. The van der Waals surface area contributed by atoms with Crippen LogP contribution in [-0.4, -0.2) is 43.2 Å². The van der Waals surface area contributed by atoms with Crippen LogP contribution in [0.15, 0.2) is 63.3 Å². The molecule has 0 spiro atoms. The summed E-state index contributed by atoms with van der Waals surface area (Å²) in [4.78, 5) is 38.7. The minimum absolute atomic E-state index is 0.0449. The van der Waals surface area contributed by atoms with Crippen LogP contribution in [-0.2, 0) is 4.74 Å². The SMILES string of the molecule is CCCOCCN(CC)c1ccc2cc(C(=O)/C(C)=C/c3ccc(C(=O)O)cc3)c(=O)oc2c1.